The molecule has 2 heterocycles. The summed E-state index contributed by atoms with van der Waals surface area (Å²) in [5, 5.41) is 5.12. The number of aromatic nitrogens is 1. The summed E-state index contributed by atoms with van der Waals surface area (Å²) in [5.41, 5.74) is 4.61. The number of carbonyl (C=O) groups excluding carboxylic acids is 1. The van der Waals surface area contributed by atoms with Gasteiger partial charge in [0.2, 0.25) is 12.7 Å². The summed E-state index contributed by atoms with van der Waals surface area (Å²) in [7, 11) is 0. The standard InChI is InChI=1S/C22H21ClN2O3/c23-17-3-1-2-15-16-11-14(6-7-18(16)25-22(15)17)24-21(26)9-5-13-4-8-19-20(10-13)28-12-27-19/h1-4,8,10,14,25H,5-7,9,11-12H2,(H,24,26). The van der Waals surface area contributed by atoms with E-state index in [-0.39, 0.29) is 18.7 Å². The predicted molar refractivity (Wildman–Crippen MR) is 108 cm³/mol. The highest BCUT2D eigenvalue weighted by Crippen LogP contribution is 2.34. The smallest absolute Gasteiger partial charge is 0.231 e. The highest BCUT2D eigenvalue weighted by Gasteiger charge is 2.24. The van der Waals surface area contributed by atoms with Gasteiger partial charge in [-0.2, -0.15) is 0 Å². The van der Waals surface area contributed by atoms with Crippen molar-refractivity contribution in [1.29, 1.82) is 0 Å². The molecular weight excluding hydrogens is 376 g/mol. The molecule has 3 aromatic rings. The molecule has 5 rings (SSSR count). The van der Waals surface area contributed by atoms with Crippen LogP contribution in [0.3, 0.4) is 0 Å². The minimum atomic E-state index is 0.0870. The fourth-order valence-electron chi connectivity index (χ4n) is 4.18. The maximum absolute atomic E-state index is 12.5. The number of hydrogen-bond acceptors (Lipinski definition) is 3. The van der Waals surface area contributed by atoms with Gasteiger partial charge in [0.15, 0.2) is 11.5 Å². The van der Waals surface area contributed by atoms with Gasteiger partial charge in [0.1, 0.15) is 0 Å². The van der Waals surface area contributed by atoms with Gasteiger partial charge in [0, 0.05) is 23.5 Å². The molecule has 1 amide bonds. The van der Waals surface area contributed by atoms with Crippen LogP contribution < -0.4 is 14.8 Å². The highest BCUT2D eigenvalue weighted by atomic mass is 35.5. The quantitative estimate of drug-likeness (QED) is 0.696. The predicted octanol–water partition coefficient (Wildman–Crippen LogP) is 4.16. The molecule has 2 N–H and O–H groups in total. The highest BCUT2D eigenvalue weighted by molar-refractivity contribution is 6.35. The number of nitrogens with one attached hydrogen (secondary N) is 2. The van der Waals surface area contributed by atoms with Crippen LogP contribution in [0.1, 0.15) is 29.7 Å². The Bertz CT molecular complexity index is 1060. The SMILES string of the molecule is O=C(CCc1ccc2c(c1)OCO2)NC1CCc2[nH]c3c(Cl)cccc3c2C1. The largest absolute Gasteiger partial charge is 0.454 e. The van der Waals surface area contributed by atoms with Crippen LogP contribution >= 0.6 is 11.6 Å². The third-order valence-corrected chi connectivity index (χ3v) is 5.93. The lowest BCUT2D eigenvalue weighted by Gasteiger charge is -2.23. The van der Waals surface area contributed by atoms with Crippen LogP contribution in [0, 0.1) is 0 Å². The second kappa shape index (κ2) is 7.06. The summed E-state index contributed by atoms with van der Waals surface area (Å²) in [5.74, 6) is 1.62. The van der Waals surface area contributed by atoms with Crippen LogP contribution in [0.2, 0.25) is 5.02 Å². The number of hydrogen-bond donors (Lipinski definition) is 2. The zero-order valence-electron chi connectivity index (χ0n) is 15.4. The first-order valence-corrected chi connectivity index (χ1v) is 10.0. The minimum absolute atomic E-state index is 0.0870. The van der Waals surface area contributed by atoms with Gasteiger partial charge in [-0.05, 0) is 55.0 Å². The van der Waals surface area contributed by atoms with Crippen molar-refractivity contribution in [2.45, 2.75) is 38.1 Å². The van der Waals surface area contributed by atoms with Crippen LogP contribution in [0.5, 0.6) is 11.5 Å². The summed E-state index contributed by atoms with van der Waals surface area (Å²) in [6.07, 6.45) is 3.85. The Morgan fingerprint density at radius 2 is 2.11 bits per heavy atom. The lowest BCUT2D eigenvalue weighted by molar-refractivity contribution is -0.121. The van der Waals surface area contributed by atoms with Crippen molar-refractivity contribution >= 4 is 28.4 Å². The van der Waals surface area contributed by atoms with Crippen molar-refractivity contribution < 1.29 is 14.3 Å². The molecule has 0 saturated carbocycles. The van der Waals surface area contributed by atoms with Gasteiger partial charge in [-0.1, -0.05) is 29.8 Å². The number of benzene rings is 2. The van der Waals surface area contributed by atoms with Crippen LogP contribution in [-0.4, -0.2) is 23.7 Å². The molecule has 1 aliphatic carbocycles. The molecule has 0 spiro atoms. The van der Waals surface area contributed by atoms with Crippen molar-refractivity contribution in [2.24, 2.45) is 0 Å². The van der Waals surface area contributed by atoms with E-state index in [0.29, 0.717) is 12.8 Å². The number of aromatic amines is 1. The van der Waals surface area contributed by atoms with E-state index in [0.717, 1.165) is 46.9 Å². The Kier molecular flexibility index (Phi) is 4.40. The van der Waals surface area contributed by atoms with Crippen LogP contribution in [0.25, 0.3) is 10.9 Å². The molecule has 28 heavy (non-hydrogen) atoms. The molecule has 0 bridgehead atoms. The molecule has 0 fully saturated rings. The van der Waals surface area contributed by atoms with Crippen LogP contribution in [0.15, 0.2) is 36.4 Å². The minimum Gasteiger partial charge on any atom is -0.454 e. The molecule has 0 saturated heterocycles. The van der Waals surface area contributed by atoms with Crippen molar-refractivity contribution in [2.75, 3.05) is 6.79 Å². The number of amides is 1. The summed E-state index contributed by atoms with van der Waals surface area (Å²) in [6.45, 7) is 0.266. The Hall–Kier alpha value is -2.66. The number of H-pyrrole nitrogens is 1. The molecule has 0 radical (unpaired) electrons. The zero-order valence-corrected chi connectivity index (χ0v) is 16.1. The van der Waals surface area contributed by atoms with Crippen molar-refractivity contribution in [3.63, 3.8) is 0 Å². The number of aryl methyl sites for hydroxylation is 2. The number of halogens is 1. The molecule has 1 unspecified atom stereocenters. The van der Waals surface area contributed by atoms with E-state index in [1.165, 1.54) is 16.6 Å². The lowest BCUT2D eigenvalue weighted by Crippen LogP contribution is -2.38. The van der Waals surface area contributed by atoms with Gasteiger partial charge >= 0.3 is 0 Å². The monoisotopic (exact) mass is 396 g/mol. The van der Waals surface area contributed by atoms with E-state index in [2.05, 4.69) is 16.4 Å². The second-order valence-electron chi connectivity index (χ2n) is 7.44. The lowest BCUT2D eigenvalue weighted by atomic mass is 9.91. The normalized spacial score (nSPS) is 17.5. The summed E-state index contributed by atoms with van der Waals surface area (Å²) < 4.78 is 10.7. The van der Waals surface area contributed by atoms with Gasteiger partial charge in [0.25, 0.3) is 0 Å². The van der Waals surface area contributed by atoms with Crippen LogP contribution in [-0.2, 0) is 24.1 Å². The third kappa shape index (κ3) is 3.20. The van der Waals surface area contributed by atoms with Gasteiger partial charge < -0.3 is 19.8 Å². The Balaban J connectivity index is 1.22. The second-order valence-corrected chi connectivity index (χ2v) is 7.85. The van der Waals surface area contributed by atoms with E-state index in [1.807, 2.05) is 30.3 Å². The van der Waals surface area contributed by atoms with Gasteiger partial charge in [-0.25, -0.2) is 0 Å². The molecule has 2 aliphatic rings. The average molecular weight is 397 g/mol. The fourth-order valence-corrected chi connectivity index (χ4v) is 4.40. The van der Waals surface area contributed by atoms with Gasteiger partial charge in [-0.15, -0.1) is 0 Å². The van der Waals surface area contributed by atoms with E-state index in [9.17, 15) is 4.79 Å². The van der Waals surface area contributed by atoms with Crippen LogP contribution in [0.4, 0.5) is 0 Å². The van der Waals surface area contributed by atoms with Crippen molar-refractivity contribution in [1.82, 2.24) is 10.3 Å². The van der Waals surface area contributed by atoms with Gasteiger partial charge in [-0.3, -0.25) is 4.79 Å². The Morgan fingerprint density at radius 1 is 1.21 bits per heavy atom. The van der Waals surface area contributed by atoms with E-state index >= 15 is 0 Å². The number of carbonyl (C=O) groups is 1. The molecule has 5 nitrogen and oxygen atoms in total. The van der Waals surface area contributed by atoms with E-state index in [1.54, 1.807) is 0 Å². The maximum Gasteiger partial charge on any atom is 0.231 e. The Morgan fingerprint density at radius 3 is 3.04 bits per heavy atom. The topological polar surface area (TPSA) is 63.4 Å². The zero-order chi connectivity index (χ0) is 19.1. The first kappa shape index (κ1) is 17.4. The first-order chi connectivity index (χ1) is 13.7. The Labute approximate surface area is 168 Å². The summed E-state index contributed by atoms with van der Waals surface area (Å²) in [6, 6.07) is 12.0. The molecular formula is C22H21ClN2O3. The number of rotatable bonds is 4. The van der Waals surface area contributed by atoms with E-state index < -0.39 is 0 Å². The first-order valence-electron chi connectivity index (χ1n) is 9.63. The molecule has 6 heteroatoms. The number of ether oxygens (including phenoxy) is 2. The summed E-state index contributed by atoms with van der Waals surface area (Å²) in [4.78, 5) is 15.9. The fraction of sp³-hybridized carbons (Fsp3) is 0.318. The molecule has 144 valence electrons. The van der Waals surface area contributed by atoms with Crippen molar-refractivity contribution in [3.8, 4) is 11.5 Å². The van der Waals surface area contributed by atoms with Gasteiger partial charge in [0.05, 0.1) is 10.5 Å². The summed E-state index contributed by atoms with van der Waals surface area (Å²) >= 11 is 6.31. The molecule has 1 aliphatic heterocycles. The number of para-hydroxylation sites is 1. The van der Waals surface area contributed by atoms with Crippen molar-refractivity contribution in [3.05, 3.63) is 58.2 Å². The molecule has 2 aromatic carbocycles. The molecule has 1 aromatic heterocycles. The molecule has 1 atom stereocenters. The third-order valence-electron chi connectivity index (χ3n) is 5.62. The van der Waals surface area contributed by atoms with E-state index in [4.69, 9.17) is 21.1 Å². The average Bonchev–Trinajstić information content (AvgIpc) is 3.31. The maximum atomic E-state index is 12.5. The number of fused-ring (bicyclic) bond motifs is 4.